The SMILES string of the molecule is CCOC(=O)N1C(c2ccccc2)CC(C(F)(F)F)OS1=O. The highest BCUT2D eigenvalue weighted by Gasteiger charge is 2.50. The van der Waals surface area contributed by atoms with Gasteiger partial charge in [-0.2, -0.15) is 17.5 Å². The van der Waals surface area contributed by atoms with Crippen LogP contribution in [-0.4, -0.2) is 33.5 Å². The second kappa shape index (κ2) is 6.66. The van der Waals surface area contributed by atoms with Gasteiger partial charge in [0.05, 0.1) is 12.6 Å². The van der Waals surface area contributed by atoms with Crippen molar-refractivity contribution in [2.75, 3.05) is 6.61 Å². The van der Waals surface area contributed by atoms with E-state index in [1.54, 1.807) is 37.3 Å². The summed E-state index contributed by atoms with van der Waals surface area (Å²) in [6, 6.07) is 7.02. The van der Waals surface area contributed by atoms with Crippen molar-refractivity contribution in [3.8, 4) is 0 Å². The third kappa shape index (κ3) is 3.58. The highest BCUT2D eigenvalue weighted by atomic mass is 32.2. The van der Waals surface area contributed by atoms with Crippen molar-refractivity contribution >= 4 is 17.4 Å². The number of nitrogens with zero attached hydrogens (tertiary/aromatic N) is 1. The van der Waals surface area contributed by atoms with Crippen LogP contribution in [0.4, 0.5) is 18.0 Å². The fourth-order valence-electron chi connectivity index (χ4n) is 2.10. The van der Waals surface area contributed by atoms with Crippen molar-refractivity contribution in [3.05, 3.63) is 35.9 Å². The Bertz CT molecular complexity index is 552. The van der Waals surface area contributed by atoms with Gasteiger partial charge in [0.1, 0.15) is 0 Å². The molecule has 0 aromatic heterocycles. The fourth-order valence-corrected chi connectivity index (χ4v) is 3.17. The van der Waals surface area contributed by atoms with Gasteiger partial charge in [0.25, 0.3) is 11.3 Å². The van der Waals surface area contributed by atoms with E-state index in [9.17, 15) is 22.2 Å². The van der Waals surface area contributed by atoms with Gasteiger partial charge in [0, 0.05) is 6.42 Å². The van der Waals surface area contributed by atoms with Crippen molar-refractivity contribution in [2.24, 2.45) is 0 Å². The van der Waals surface area contributed by atoms with Crippen LogP contribution in [0.15, 0.2) is 30.3 Å². The highest BCUT2D eigenvalue weighted by molar-refractivity contribution is 7.78. The van der Waals surface area contributed by atoms with Crippen LogP contribution in [0.5, 0.6) is 0 Å². The monoisotopic (exact) mass is 337 g/mol. The van der Waals surface area contributed by atoms with Crippen LogP contribution in [0.3, 0.4) is 0 Å². The van der Waals surface area contributed by atoms with Gasteiger partial charge >= 0.3 is 12.3 Å². The molecule has 0 radical (unpaired) electrons. The van der Waals surface area contributed by atoms with Gasteiger partial charge < -0.3 is 4.74 Å². The number of amides is 1. The first-order valence-corrected chi connectivity index (χ1v) is 7.54. The van der Waals surface area contributed by atoms with Crippen LogP contribution >= 0.6 is 0 Å². The molecule has 3 unspecified atom stereocenters. The number of carbonyl (C=O) groups is 1. The molecule has 0 aliphatic carbocycles. The van der Waals surface area contributed by atoms with E-state index < -0.39 is 42.1 Å². The molecule has 0 N–H and O–H groups in total. The number of carbonyl (C=O) groups excluding carboxylic acids is 1. The quantitative estimate of drug-likeness (QED) is 0.832. The number of rotatable bonds is 2. The molecule has 1 aromatic carbocycles. The van der Waals surface area contributed by atoms with E-state index in [1.165, 1.54) is 0 Å². The van der Waals surface area contributed by atoms with E-state index in [-0.39, 0.29) is 6.61 Å². The first-order chi connectivity index (χ1) is 10.3. The van der Waals surface area contributed by atoms with Gasteiger partial charge in [-0.15, -0.1) is 0 Å². The third-order valence-electron chi connectivity index (χ3n) is 3.08. The number of hydrogen-bond donors (Lipinski definition) is 0. The molecule has 1 heterocycles. The molecule has 1 fully saturated rings. The molecule has 1 amide bonds. The number of benzene rings is 1. The number of hydrogen-bond acceptors (Lipinski definition) is 4. The van der Waals surface area contributed by atoms with Crippen LogP contribution < -0.4 is 0 Å². The van der Waals surface area contributed by atoms with Gasteiger partial charge in [-0.1, -0.05) is 30.3 Å². The Hall–Kier alpha value is -1.61. The van der Waals surface area contributed by atoms with E-state index in [1.807, 2.05) is 0 Å². The summed E-state index contributed by atoms with van der Waals surface area (Å²) < 4.78 is 60.5. The minimum Gasteiger partial charge on any atom is -0.449 e. The van der Waals surface area contributed by atoms with Gasteiger partial charge in [-0.05, 0) is 12.5 Å². The third-order valence-corrected chi connectivity index (χ3v) is 4.20. The molecule has 0 bridgehead atoms. The largest absolute Gasteiger partial charge is 0.449 e. The molecule has 9 heteroatoms. The minimum absolute atomic E-state index is 0.0107. The lowest BCUT2D eigenvalue weighted by atomic mass is 10.0. The lowest BCUT2D eigenvalue weighted by Gasteiger charge is -2.37. The molecule has 122 valence electrons. The summed E-state index contributed by atoms with van der Waals surface area (Å²) in [5.74, 6) is 0. The molecule has 22 heavy (non-hydrogen) atoms. The van der Waals surface area contributed by atoms with E-state index in [0.717, 1.165) is 0 Å². The molecule has 1 aliphatic heterocycles. The van der Waals surface area contributed by atoms with Crippen LogP contribution in [0.2, 0.25) is 0 Å². The summed E-state index contributed by atoms with van der Waals surface area (Å²) in [5.41, 5.74) is 0.432. The molecule has 1 saturated heterocycles. The normalized spacial score (nSPS) is 25.8. The molecule has 5 nitrogen and oxygen atoms in total. The first-order valence-electron chi connectivity index (χ1n) is 6.51. The predicted molar refractivity (Wildman–Crippen MR) is 71.7 cm³/mol. The maximum Gasteiger partial charge on any atom is 0.424 e. The van der Waals surface area contributed by atoms with E-state index >= 15 is 0 Å². The number of alkyl halides is 3. The minimum atomic E-state index is -4.66. The van der Waals surface area contributed by atoms with Crippen LogP contribution in [0.1, 0.15) is 24.9 Å². The summed E-state index contributed by atoms with van der Waals surface area (Å²) in [6.07, 6.45) is -8.39. The lowest BCUT2D eigenvalue weighted by molar-refractivity contribution is -0.202. The predicted octanol–water partition coefficient (Wildman–Crippen LogP) is 3.12. The van der Waals surface area contributed by atoms with Crippen molar-refractivity contribution in [1.82, 2.24) is 4.31 Å². The Balaban J connectivity index is 2.35. The lowest BCUT2D eigenvalue weighted by Crippen LogP contribution is -2.48. The van der Waals surface area contributed by atoms with Crippen LogP contribution in [-0.2, 0) is 20.2 Å². The molecule has 1 aliphatic rings. The van der Waals surface area contributed by atoms with Crippen molar-refractivity contribution in [3.63, 3.8) is 0 Å². The molecule has 0 spiro atoms. The maximum atomic E-state index is 12.9. The van der Waals surface area contributed by atoms with E-state index in [0.29, 0.717) is 9.87 Å². The Kier molecular flexibility index (Phi) is 5.07. The average Bonchev–Trinajstić information content (AvgIpc) is 2.46. The average molecular weight is 337 g/mol. The molecular formula is C13H14F3NO4S. The number of halogens is 3. The van der Waals surface area contributed by atoms with Gasteiger partial charge in [0.2, 0.25) is 0 Å². The Labute approximate surface area is 127 Å². The summed E-state index contributed by atoms with van der Waals surface area (Å²) in [7, 11) is 0. The zero-order valence-electron chi connectivity index (χ0n) is 11.6. The molecule has 2 rings (SSSR count). The van der Waals surface area contributed by atoms with E-state index in [2.05, 4.69) is 4.18 Å². The molecular weight excluding hydrogens is 323 g/mol. The summed E-state index contributed by atoms with van der Waals surface area (Å²) in [4.78, 5) is 11.9. The highest BCUT2D eigenvalue weighted by Crippen LogP contribution is 2.39. The summed E-state index contributed by atoms with van der Waals surface area (Å²) in [5, 5.41) is 0. The van der Waals surface area contributed by atoms with Crippen LogP contribution in [0, 0.1) is 0 Å². The van der Waals surface area contributed by atoms with Gasteiger partial charge in [0.15, 0.2) is 6.10 Å². The molecule has 1 aromatic rings. The fraction of sp³-hybridized carbons (Fsp3) is 0.462. The topological polar surface area (TPSA) is 55.8 Å². The standard InChI is InChI=1S/C13H14F3NO4S/c1-2-20-12(18)17-10(9-6-4-3-5-7-9)8-11(13(14,15)16)21-22(17)19/h3-7,10-11H,2,8H2,1H3. The molecule has 3 atom stereocenters. The zero-order chi connectivity index (χ0) is 16.3. The number of ether oxygens (including phenoxy) is 1. The van der Waals surface area contributed by atoms with Crippen molar-refractivity contribution < 1.29 is 31.1 Å². The van der Waals surface area contributed by atoms with Crippen LogP contribution in [0.25, 0.3) is 0 Å². The summed E-state index contributed by atoms with van der Waals surface area (Å²) in [6.45, 7) is 1.55. The zero-order valence-corrected chi connectivity index (χ0v) is 12.4. The van der Waals surface area contributed by atoms with Crippen molar-refractivity contribution in [1.29, 1.82) is 0 Å². The van der Waals surface area contributed by atoms with E-state index in [4.69, 9.17) is 4.74 Å². The molecule has 0 saturated carbocycles. The summed E-state index contributed by atoms with van der Waals surface area (Å²) >= 11 is -2.58. The Morgan fingerprint density at radius 2 is 2.05 bits per heavy atom. The van der Waals surface area contributed by atoms with Gasteiger partial charge in [-0.25, -0.2) is 9.00 Å². The maximum absolute atomic E-state index is 12.9. The van der Waals surface area contributed by atoms with Crippen molar-refractivity contribution in [2.45, 2.75) is 31.7 Å². The first kappa shape index (κ1) is 16.8. The van der Waals surface area contributed by atoms with Gasteiger partial charge in [-0.3, -0.25) is 4.18 Å². The Morgan fingerprint density at radius 1 is 1.41 bits per heavy atom. The second-order valence-corrected chi connectivity index (χ2v) is 5.55. The smallest absolute Gasteiger partial charge is 0.424 e. The Morgan fingerprint density at radius 3 is 2.59 bits per heavy atom. The second-order valence-electron chi connectivity index (χ2n) is 4.53.